The second kappa shape index (κ2) is 6.35. The number of nitrogens with one attached hydrogen (secondary N) is 1. The molecule has 0 unspecified atom stereocenters. The summed E-state index contributed by atoms with van der Waals surface area (Å²) in [6.07, 6.45) is 0. The summed E-state index contributed by atoms with van der Waals surface area (Å²) in [5.74, 6) is -1.96. The summed E-state index contributed by atoms with van der Waals surface area (Å²) in [6, 6.07) is 9.44. The SMILES string of the molecule is O=C([O-])c1cccc(NC(=O)c2ccc(Br)c([N+](=O)[O-])c2)c1. The first kappa shape index (κ1) is 15.6. The van der Waals surface area contributed by atoms with Gasteiger partial charge in [0.1, 0.15) is 0 Å². The van der Waals surface area contributed by atoms with Gasteiger partial charge in [0, 0.05) is 17.3 Å². The van der Waals surface area contributed by atoms with Gasteiger partial charge in [0.05, 0.1) is 15.4 Å². The van der Waals surface area contributed by atoms with Gasteiger partial charge in [-0.25, -0.2) is 0 Å². The van der Waals surface area contributed by atoms with E-state index in [9.17, 15) is 24.8 Å². The zero-order valence-electron chi connectivity index (χ0n) is 10.9. The number of hydrogen-bond acceptors (Lipinski definition) is 5. The molecular formula is C14H8BrN2O5-. The Morgan fingerprint density at radius 2 is 1.82 bits per heavy atom. The number of benzene rings is 2. The van der Waals surface area contributed by atoms with E-state index >= 15 is 0 Å². The van der Waals surface area contributed by atoms with E-state index in [1.54, 1.807) is 0 Å². The molecule has 2 aromatic rings. The van der Waals surface area contributed by atoms with E-state index in [1.807, 2.05) is 0 Å². The van der Waals surface area contributed by atoms with Crippen LogP contribution in [0.2, 0.25) is 0 Å². The van der Waals surface area contributed by atoms with Gasteiger partial charge in [0.15, 0.2) is 0 Å². The van der Waals surface area contributed by atoms with Gasteiger partial charge in [-0.05, 0) is 45.8 Å². The fraction of sp³-hybridized carbons (Fsp3) is 0. The van der Waals surface area contributed by atoms with E-state index in [0.29, 0.717) is 0 Å². The number of amides is 1. The number of nitro benzene ring substituents is 1. The molecule has 1 N–H and O–H groups in total. The Balaban J connectivity index is 2.26. The standard InChI is InChI=1S/C14H9BrN2O5/c15-11-5-4-8(7-12(11)17(21)22)13(18)16-10-3-1-2-9(6-10)14(19)20/h1-7H,(H,16,18)(H,19,20)/p-1. The smallest absolute Gasteiger partial charge is 0.284 e. The van der Waals surface area contributed by atoms with Crippen LogP contribution in [0.15, 0.2) is 46.9 Å². The lowest BCUT2D eigenvalue weighted by Crippen LogP contribution is -2.22. The van der Waals surface area contributed by atoms with Crippen molar-refractivity contribution < 1.29 is 19.6 Å². The van der Waals surface area contributed by atoms with Crippen LogP contribution in [0.3, 0.4) is 0 Å². The molecule has 8 heteroatoms. The van der Waals surface area contributed by atoms with Gasteiger partial charge in [0.25, 0.3) is 11.6 Å². The van der Waals surface area contributed by atoms with Crippen LogP contribution in [0.4, 0.5) is 11.4 Å². The molecule has 1 amide bonds. The van der Waals surface area contributed by atoms with Crippen molar-refractivity contribution in [2.45, 2.75) is 0 Å². The molecule has 7 nitrogen and oxygen atoms in total. The van der Waals surface area contributed by atoms with E-state index in [4.69, 9.17) is 0 Å². The van der Waals surface area contributed by atoms with Crippen LogP contribution in [0.1, 0.15) is 20.7 Å². The van der Waals surface area contributed by atoms with Crippen LogP contribution in [-0.2, 0) is 0 Å². The van der Waals surface area contributed by atoms with Crippen molar-refractivity contribution in [1.82, 2.24) is 0 Å². The predicted octanol–water partition coefficient (Wildman–Crippen LogP) is 1.97. The number of carbonyl (C=O) groups excluding carboxylic acids is 2. The minimum absolute atomic E-state index is 0.0775. The number of carbonyl (C=O) groups is 2. The summed E-state index contributed by atoms with van der Waals surface area (Å²) in [6.45, 7) is 0. The molecular weight excluding hydrogens is 356 g/mol. The van der Waals surface area contributed by atoms with Crippen molar-refractivity contribution in [2.24, 2.45) is 0 Å². The Morgan fingerprint density at radius 3 is 2.45 bits per heavy atom. The molecule has 112 valence electrons. The summed E-state index contributed by atoms with van der Waals surface area (Å²) in [5.41, 5.74) is 0.00162. The fourth-order valence-electron chi connectivity index (χ4n) is 1.72. The molecule has 0 aliphatic carbocycles. The highest BCUT2D eigenvalue weighted by atomic mass is 79.9. The third-order valence-electron chi connectivity index (χ3n) is 2.76. The second-order valence-corrected chi connectivity index (χ2v) is 5.10. The third kappa shape index (κ3) is 3.47. The van der Waals surface area contributed by atoms with Gasteiger partial charge in [-0.1, -0.05) is 12.1 Å². The summed E-state index contributed by atoms with van der Waals surface area (Å²) in [5, 5.41) is 24.1. The molecule has 0 bridgehead atoms. The molecule has 2 rings (SSSR count). The van der Waals surface area contributed by atoms with Crippen LogP contribution in [0.25, 0.3) is 0 Å². The molecule has 0 atom stereocenters. The van der Waals surface area contributed by atoms with Crippen LogP contribution < -0.4 is 10.4 Å². The van der Waals surface area contributed by atoms with Gasteiger partial charge in [-0.3, -0.25) is 14.9 Å². The average molecular weight is 364 g/mol. The maximum absolute atomic E-state index is 12.1. The van der Waals surface area contributed by atoms with Crippen LogP contribution >= 0.6 is 15.9 Å². The first-order valence-corrected chi connectivity index (χ1v) is 6.74. The molecule has 22 heavy (non-hydrogen) atoms. The molecule has 0 aliphatic rings. The molecule has 0 aromatic heterocycles. The van der Waals surface area contributed by atoms with E-state index in [1.165, 1.54) is 36.4 Å². The Kier molecular flexibility index (Phi) is 4.52. The zero-order chi connectivity index (χ0) is 16.3. The maximum Gasteiger partial charge on any atom is 0.284 e. The average Bonchev–Trinajstić information content (AvgIpc) is 2.47. The van der Waals surface area contributed by atoms with Crippen LogP contribution in [0.5, 0.6) is 0 Å². The number of rotatable bonds is 4. The number of nitrogens with zero attached hydrogens (tertiary/aromatic N) is 1. The first-order valence-electron chi connectivity index (χ1n) is 5.95. The third-order valence-corrected chi connectivity index (χ3v) is 3.43. The molecule has 0 heterocycles. The van der Waals surface area contributed by atoms with Crippen molar-refractivity contribution in [2.75, 3.05) is 5.32 Å². The lowest BCUT2D eigenvalue weighted by atomic mass is 10.1. The second-order valence-electron chi connectivity index (χ2n) is 4.25. The van der Waals surface area contributed by atoms with Crippen molar-refractivity contribution in [3.8, 4) is 0 Å². The van der Waals surface area contributed by atoms with E-state index in [2.05, 4.69) is 21.2 Å². The zero-order valence-corrected chi connectivity index (χ0v) is 12.5. The van der Waals surface area contributed by atoms with Gasteiger partial charge in [-0.15, -0.1) is 0 Å². The highest BCUT2D eigenvalue weighted by molar-refractivity contribution is 9.10. The number of anilines is 1. The Hall–Kier alpha value is -2.74. The van der Waals surface area contributed by atoms with Crippen molar-refractivity contribution >= 4 is 39.2 Å². The quantitative estimate of drug-likeness (QED) is 0.658. The number of halogens is 1. The van der Waals surface area contributed by atoms with Gasteiger partial charge < -0.3 is 15.2 Å². The molecule has 2 aromatic carbocycles. The summed E-state index contributed by atoms with van der Waals surface area (Å²) in [4.78, 5) is 33.1. The topological polar surface area (TPSA) is 112 Å². The molecule has 0 fully saturated rings. The minimum Gasteiger partial charge on any atom is -0.545 e. The van der Waals surface area contributed by atoms with Crippen molar-refractivity contribution in [3.05, 3.63) is 68.2 Å². The fourth-order valence-corrected chi connectivity index (χ4v) is 2.11. The molecule has 0 aliphatic heterocycles. The monoisotopic (exact) mass is 363 g/mol. The summed E-state index contributed by atoms with van der Waals surface area (Å²) < 4.78 is 0.257. The first-order chi connectivity index (χ1) is 10.4. The summed E-state index contributed by atoms with van der Waals surface area (Å²) in [7, 11) is 0. The number of nitro groups is 1. The Morgan fingerprint density at radius 1 is 1.09 bits per heavy atom. The molecule has 0 saturated carbocycles. The van der Waals surface area contributed by atoms with Crippen molar-refractivity contribution in [1.29, 1.82) is 0 Å². The highest BCUT2D eigenvalue weighted by Crippen LogP contribution is 2.26. The lowest BCUT2D eigenvalue weighted by Gasteiger charge is -2.08. The maximum atomic E-state index is 12.1. The Bertz CT molecular complexity index is 776. The van der Waals surface area contributed by atoms with E-state index in [0.717, 1.165) is 6.07 Å². The predicted molar refractivity (Wildman–Crippen MR) is 79.5 cm³/mol. The van der Waals surface area contributed by atoms with E-state index < -0.39 is 16.8 Å². The van der Waals surface area contributed by atoms with Gasteiger partial charge in [0.2, 0.25) is 0 Å². The highest BCUT2D eigenvalue weighted by Gasteiger charge is 2.16. The number of aromatic carboxylic acids is 1. The number of hydrogen-bond donors (Lipinski definition) is 1. The van der Waals surface area contributed by atoms with Crippen LogP contribution in [0, 0.1) is 10.1 Å². The Labute approximate surface area is 132 Å². The lowest BCUT2D eigenvalue weighted by molar-refractivity contribution is -0.385. The van der Waals surface area contributed by atoms with Crippen LogP contribution in [-0.4, -0.2) is 16.8 Å². The largest absolute Gasteiger partial charge is 0.545 e. The van der Waals surface area contributed by atoms with E-state index in [-0.39, 0.29) is 27.0 Å². The molecule has 0 radical (unpaired) electrons. The normalized spacial score (nSPS) is 10.0. The summed E-state index contributed by atoms with van der Waals surface area (Å²) >= 11 is 3.03. The number of carboxylic acids is 1. The van der Waals surface area contributed by atoms with Gasteiger partial charge >= 0.3 is 0 Å². The molecule has 0 saturated heterocycles. The van der Waals surface area contributed by atoms with Gasteiger partial charge in [-0.2, -0.15) is 0 Å². The molecule has 0 spiro atoms. The van der Waals surface area contributed by atoms with Crippen molar-refractivity contribution in [3.63, 3.8) is 0 Å². The number of carboxylic acid groups (broad SMARTS) is 1. The minimum atomic E-state index is -1.37.